The largest absolute Gasteiger partial charge is 0.379 e. The van der Waals surface area contributed by atoms with Gasteiger partial charge in [-0.15, -0.1) is 0 Å². The molecule has 5 rings (SSSR count). The number of nitrogens with zero attached hydrogens (tertiary/aromatic N) is 4. The van der Waals surface area contributed by atoms with Gasteiger partial charge in [0.05, 0.1) is 35.8 Å². The number of anilines is 3. The molecule has 0 bridgehead atoms. The molecule has 3 heterocycles. The van der Waals surface area contributed by atoms with Crippen molar-refractivity contribution in [3.63, 3.8) is 0 Å². The monoisotopic (exact) mass is 476 g/mol. The molecule has 1 saturated heterocycles. The molecule has 1 aromatic heterocycles. The summed E-state index contributed by atoms with van der Waals surface area (Å²) in [4.78, 5) is 6.49. The third kappa shape index (κ3) is 4.61. The van der Waals surface area contributed by atoms with E-state index >= 15 is 0 Å². The first-order chi connectivity index (χ1) is 17.1. The van der Waals surface area contributed by atoms with Crippen molar-refractivity contribution >= 4 is 17.2 Å². The summed E-state index contributed by atoms with van der Waals surface area (Å²) in [6.45, 7) is 13.0. The predicted molar refractivity (Wildman–Crippen MR) is 142 cm³/mol. The van der Waals surface area contributed by atoms with Crippen LogP contribution in [0.2, 0.25) is 0 Å². The van der Waals surface area contributed by atoms with Crippen LogP contribution in [0.25, 0.3) is 22.4 Å². The number of aryl methyl sites for hydroxylation is 1. The van der Waals surface area contributed by atoms with Crippen molar-refractivity contribution in [1.29, 1.82) is 0 Å². The smallest absolute Gasteiger partial charge is 0.208 e. The van der Waals surface area contributed by atoms with E-state index in [4.69, 9.17) is 9.84 Å². The summed E-state index contributed by atoms with van der Waals surface area (Å²) in [5.41, 5.74) is 7.56. The molecule has 2 aromatic carbocycles. The molecule has 8 heteroatoms. The maximum Gasteiger partial charge on any atom is 0.208 e. The number of ether oxygens (including phenoxy) is 1. The molecule has 1 fully saturated rings. The minimum Gasteiger partial charge on any atom is -0.379 e. The van der Waals surface area contributed by atoms with Crippen LogP contribution in [-0.2, 0) is 4.74 Å². The van der Waals surface area contributed by atoms with E-state index in [2.05, 4.69) is 78.6 Å². The molecule has 0 amide bonds. The van der Waals surface area contributed by atoms with Gasteiger partial charge in [0.25, 0.3) is 0 Å². The summed E-state index contributed by atoms with van der Waals surface area (Å²) in [6, 6.07) is 14.9. The Morgan fingerprint density at radius 2 is 1.80 bits per heavy atom. The lowest BCUT2D eigenvalue weighted by molar-refractivity contribution is 0.0398. The summed E-state index contributed by atoms with van der Waals surface area (Å²) in [5.74, 6) is 0.851. The average molecular weight is 477 g/mol. The minimum absolute atomic E-state index is 0.637. The van der Waals surface area contributed by atoms with Crippen molar-refractivity contribution in [2.24, 2.45) is 0 Å². The first kappa shape index (κ1) is 23.7. The Kier molecular flexibility index (Phi) is 6.95. The molecule has 1 unspecified atom stereocenters. The number of aliphatic hydroxyl groups is 1. The number of aromatic amines is 1. The van der Waals surface area contributed by atoms with Crippen molar-refractivity contribution in [1.82, 2.24) is 15.1 Å². The van der Waals surface area contributed by atoms with Crippen LogP contribution >= 0.6 is 0 Å². The lowest BCUT2D eigenvalue weighted by Gasteiger charge is -2.26. The van der Waals surface area contributed by atoms with Gasteiger partial charge in [0.15, 0.2) is 5.82 Å². The second-order valence-electron chi connectivity index (χ2n) is 9.19. The van der Waals surface area contributed by atoms with E-state index in [9.17, 15) is 5.11 Å². The summed E-state index contributed by atoms with van der Waals surface area (Å²) in [5, 5.41) is 22.5. The molecule has 0 spiro atoms. The van der Waals surface area contributed by atoms with E-state index in [1.54, 1.807) is 0 Å². The highest BCUT2D eigenvalue weighted by Crippen LogP contribution is 2.44. The zero-order valence-electron chi connectivity index (χ0n) is 20.9. The summed E-state index contributed by atoms with van der Waals surface area (Å²) in [7, 11) is 0. The first-order valence-electron chi connectivity index (χ1n) is 12.7. The maximum absolute atomic E-state index is 10.9. The van der Waals surface area contributed by atoms with Crippen molar-refractivity contribution in [3.8, 4) is 22.4 Å². The third-order valence-electron chi connectivity index (χ3n) is 7.02. The zero-order chi connectivity index (χ0) is 24.4. The Balaban J connectivity index is 1.51. The number of hydrogen-bond acceptors (Lipinski definition) is 7. The van der Waals surface area contributed by atoms with Gasteiger partial charge in [0.2, 0.25) is 6.35 Å². The van der Waals surface area contributed by atoms with Crippen LogP contribution in [-0.4, -0.2) is 79.0 Å². The molecule has 0 radical (unpaired) electrons. The molecule has 186 valence electrons. The van der Waals surface area contributed by atoms with Crippen LogP contribution in [0, 0.1) is 6.92 Å². The van der Waals surface area contributed by atoms with Gasteiger partial charge in [-0.25, -0.2) is 0 Å². The number of nitrogens with one attached hydrogen (secondary N) is 2. The fourth-order valence-corrected chi connectivity index (χ4v) is 5.15. The van der Waals surface area contributed by atoms with Gasteiger partial charge in [-0.3, -0.25) is 10.00 Å². The summed E-state index contributed by atoms with van der Waals surface area (Å²) in [6.07, 6.45) is -0.637. The number of rotatable bonds is 8. The van der Waals surface area contributed by atoms with E-state index in [0.717, 1.165) is 92.1 Å². The number of hydrogen-bond donors (Lipinski definition) is 3. The zero-order valence-corrected chi connectivity index (χ0v) is 20.9. The lowest BCUT2D eigenvalue weighted by atomic mass is 9.98. The number of aliphatic hydroxyl groups excluding tert-OH is 1. The van der Waals surface area contributed by atoms with Crippen LogP contribution in [0.5, 0.6) is 0 Å². The molecule has 8 nitrogen and oxygen atoms in total. The molecule has 3 aromatic rings. The van der Waals surface area contributed by atoms with Gasteiger partial charge in [0.1, 0.15) is 0 Å². The number of morpholine rings is 1. The van der Waals surface area contributed by atoms with Crippen molar-refractivity contribution in [3.05, 3.63) is 48.0 Å². The van der Waals surface area contributed by atoms with E-state index in [1.165, 1.54) is 5.56 Å². The molecule has 35 heavy (non-hydrogen) atoms. The standard InChI is InChI=1S/C27H36N6O2/c1-4-32-22-10-9-20(18-23(22)33(5-2)27(32)34)24-25(21-8-6-7-19(3)17-21)29-30-26(24)28-11-12-31-13-15-35-16-14-31/h6-10,17-18,27,34H,4-5,11-16H2,1-3H3,(H2,28,29,30). The van der Waals surface area contributed by atoms with E-state index in [0.29, 0.717) is 0 Å². The Morgan fingerprint density at radius 1 is 1.03 bits per heavy atom. The van der Waals surface area contributed by atoms with Gasteiger partial charge >= 0.3 is 0 Å². The number of benzene rings is 2. The fraction of sp³-hybridized carbons (Fsp3) is 0.444. The van der Waals surface area contributed by atoms with E-state index in [1.807, 2.05) is 9.80 Å². The molecule has 0 saturated carbocycles. The number of H-pyrrole nitrogens is 1. The normalized spacial score (nSPS) is 18.2. The van der Waals surface area contributed by atoms with Gasteiger partial charge in [-0.05, 0) is 44.5 Å². The quantitative estimate of drug-likeness (QED) is 0.457. The Labute approximate surface area is 207 Å². The fourth-order valence-electron chi connectivity index (χ4n) is 5.15. The second-order valence-corrected chi connectivity index (χ2v) is 9.19. The predicted octanol–water partition coefficient (Wildman–Crippen LogP) is 3.74. The molecule has 0 aliphatic carbocycles. The molecule has 3 N–H and O–H groups in total. The van der Waals surface area contributed by atoms with Crippen LogP contribution in [0.1, 0.15) is 19.4 Å². The topological polar surface area (TPSA) is 79.9 Å². The van der Waals surface area contributed by atoms with Crippen LogP contribution < -0.4 is 15.1 Å². The maximum atomic E-state index is 10.9. The van der Waals surface area contributed by atoms with Gasteiger partial charge in [-0.2, -0.15) is 5.10 Å². The van der Waals surface area contributed by atoms with Crippen molar-refractivity contribution in [2.75, 3.05) is 67.6 Å². The van der Waals surface area contributed by atoms with E-state index in [-0.39, 0.29) is 0 Å². The minimum atomic E-state index is -0.637. The molecule has 2 aliphatic heterocycles. The Bertz CT molecular complexity index is 1160. The summed E-state index contributed by atoms with van der Waals surface area (Å²) >= 11 is 0. The Hall–Kier alpha value is -3.07. The lowest BCUT2D eigenvalue weighted by Crippen LogP contribution is -2.42. The highest BCUT2D eigenvalue weighted by molar-refractivity contribution is 5.92. The van der Waals surface area contributed by atoms with Crippen molar-refractivity contribution in [2.45, 2.75) is 27.1 Å². The van der Waals surface area contributed by atoms with Crippen LogP contribution in [0.3, 0.4) is 0 Å². The molecular formula is C27H36N6O2. The van der Waals surface area contributed by atoms with E-state index < -0.39 is 6.35 Å². The molecule has 1 atom stereocenters. The molecular weight excluding hydrogens is 440 g/mol. The molecule has 2 aliphatic rings. The van der Waals surface area contributed by atoms with Crippen LogP contribution in [0.15, 0.2) is 42.5 Å². The SMILES string of the molecule is CCN1c2ccc(-c3c(NCCN4CCOCC4)n[nH]c3-c3cccc(C)c3)cc2N(CC)C1O. The highest BCUT2D eigenvalue weighted by Gasteiger charge is 2.33. The Morgan fingerprint density at radius 3 is 2.54 bits per heavy atom. The number of fused-ring (bicyclic) bond motifs is 1. The summed E-state index contributed by atoms with van der Waals surface area (Å²) < 4.78 is 5.48. The third-order valence-corrected chi connectivity index (χ3v) is 7.02. The van der Waals surface area contributed by atoms with Crippen molar-refractivity contribution < 1.29 is 9.84 Å². The van der Waals surface area contributed by atoms with Gasteiger partial charge in [0, 0.05) is 44.8 Å². The highest BCUT2D eigenvalue weighted by atomic mass is 16.5. The second kappa shape index (κ2) is 10.3. The van der Waals surface area contributed by atoms with Gasteiger partial charge in [-0.1, -0.05) is 29.8 Å². The first-order valence-corrected chi connectivity index (χ1v) is 12.7. The average Bonchev–Trinajstić information content (AvgIpc) is 3.41. The number of aromatic nitrogens is 2. The van der Waals surface area contributed by atoms with Crippen LogP contribution in [0.4, 0.5) is 17.2 Å². The van der Waals surface area contributed by atoms with Gasteiger partial charge < -0.3 is 25.0 Å².